The third-order valence-corrected chi connectivity index (χ3v) is 13.6. The molecule has 1 aromatic rings. The molecule has 8 nitrogen and oxygen atoms in total. The van der Waals surface area contributed by atoms with Gasteiger partial charge in [-0.05, 0) is 113 Å². The minimum Gasteiger partial charge on any atom is -0.458 e. The van der Waals surface area contributed by atoms with E-state index in [0.29, 0.717) is 37.8 Å². The number of hydrogen-bond donors (Lipinski definition) is 2. The van der Waals surface area contributed by atoms with Gasteiger partial charge >= 0.3 is 5.97 Å². The number of nitrogens with one attached hydrogen (secondary N) is 1. The number of rotatable bonds is 10. The van der Waals surface area contributed by atoms with Crippen LogP contribution in [0.1, 0.15) is 117 Å². The van der Waals surface area contributed by atoms with Gasteiger partial charge in [-0.15, -0.1) is 0 Å². The fourth-order valence-corrected chi connectivity index (χ4v) is 11.0. The molecular formula is C40H55NO7. The molecule has 8 heteroatoms. The number of carbonyl (C=O) groups is 4. The van der Waals surface area contributed by atoms with Gasteiger partial charge in [0.25, 0.3) is 0 Å². The van der Waals surface area contributed by atoms with Crippen LogP contribution < -0.4 is 5.32 Å². The molecule has 48 heavy (non-hydrogen) atoms. The zero-order valence-electron chi connectivity index (χ0n) is 29.4. The zero-order valence-corrected chi connectivity index (χ0v) is 29.4. The van der Waals surface area contributed by atoms with Crippen LogP contribution in [0.15, 0.2) is 42.0 Å². The Labute approximate surface area is 285 Å². The lowest BCUT2D eigenvalue weighted by Crippen LogP contribution is -2.58. The number of allylic oxidation sites excluding steroid dienone is 1. The molecule has 0 bridgehead atoms. The summed E-state index contributed by atoms with van der Waals surface area (Å²) in [6.45, 7) is 9.28. The summed E-state index contributed by atoms with van der Waals surface area (Å²) < 4.78 is 11.4. The van der Waals surface area contributed by atoms with Crippen molar-refractivity contribution in [2.75, 3.05) is 19.8 Å². The number of Topliss-reactive ketones (excluding diaryl/α,β-unsaturated/α-hetero) is 1. The van der Waals surface area contributed by atoms with Crippen molar-refractivity contribution in [1.29, 1.82) is 0 Å². The molecule has 4 fully saturated rings. The van der Waals surface area contributed by atoms with E-state index in [1.165, 1.54) is 11.1 Å². The monoisotopic (exact) mass is 661 g/mol. The highest BCUT2D eigenvalue weighted by atomic mass is 16.5. The van der Waals surface area contributed by atoms with E-state index in [4.69, 9.17) is 9.47 Å². The van der Waals surface area contributed by atoms with Crippen molar-refractivity contribution in [1.82, 2.24) is 5.32 Å². The summed E-state index contributed by atoms with van der Waals surface area (Å²) in [6.07, 6.45) is 10.5. The van der Waals surface area contributed by atoms with E-state index in [2.05, 4.69) is 45.1 Å². The average molecular weight is 662 g/mol. The molecule has 4 aliphatic carbocycles. The first-order chi connectivity index (χ1) is 22.7. The van der Waals surface area contributed by atoms with E-state index in [-0.39, 0.29) is 46.9 Å². The number of fused-ring (bicyclic) bond motifs is 5. The summed E-state index contributed by atoms with van der Waals surface area (Å²) in [5.41, 5.74) is 0.112. The number of amides is 1. The Balaban J connectivity index is 0.981. The lowest BCUT2D eigenvalue weighted by molar-refractivity contribution is -0.170. The van der Waals surface area contributed by atoms with Gasteiger partial charge in [-0.3, -0.25) is 19.2 Å². The van der Waals surface area contributed by atoms with Crippen molar-refractivity contribution in [3.63, 3.8) is 0 Å². The van der Waals surface area contributed by atoms with Crippen LogP contribution in [0.2, 0.25) is 0 Å². The molecule has 1 amide bonds. The predicted molar refractivity (Wildman–Crippen MR) is 182 cm³/mol. The summed E-state index contributed by atoms with van der Waals surface area (Å²) in [6, 6.07) is 10.4. The standard InChI is InChI=1S/C40H55NO7/c1-36(2)26-39(21-23-48-36,27-8-6-5-7-9-27)20-22-41-34(44)12-13-35(45)47-25-33(43)40(46)19-16-32-30-11-10-28-24-29(42)14-17-37(28,3)31(30)15-18-38(32,40)4/h5-9,24,30-32,46H,10-23,25-26H2,1-4H3,(H,41,44)/t30-,31-,32+,37-,38+,39+,40-/m0/s1. The molecule has 5 aliphatic rings. The fraction of sp³-hybridized carbons (Fsp3) is 0.700. The maximum Gasteiger partial charge on any atom is 0.306 e. The Kier molecular flexibility index (Phi) is 9.57. The SMILES string of the molecule is CC1(C)C[C@](CCNC(=O)CCC(=O)OCC(=O)[C@@]2(O)CC[C@@H]3[C@H]4CCC5=CC(=O)CC[C@]5(C)[C@H]4CC[C@]32C)(c2ccccc2)CCO1. The van der Waals surface area contributed by atoms with E-state index in [1.54, 1.807) is 0 Å². The number of aliphatic hydroxyl groups is 1. The molecule has 1 saturated heterocycles. The number of ketones is 2. The van der Waals surface area contributed by atoms with Crippen LogP contribution in [-0.4, -0.2) is 59.5 Å². The average Bonchev–Trinajstić information content (AvgIpc) is 3.34. The molecule has 262 valence electrons. The highest BCUT2D eigenvalue weighted by Crippen LogP contribution is 2.67. The van der Waals surface area contributed by atoms with Crippen LogP contribution in [0.3, 0.4) is 0 Å². The van der Waals surface area contributed by atoms with Gasteiger partial charge < -0.3 is 19.9 Å². The molecule has 0 spiro atoms. The molecule has 0 aromatic heterocycles. The first-order valence-corrected chi connectivity index (χ1v) is 18.3. The van der Waals surface area contributed by atoms with Crippen LogP contribution in [0.25, 0.3) is 0 Å². The minimum absolute atomic E-state index is 0.0200. The van der Waals surface area contributed by atoms with Gasteiger partial charge in [0.2, 0.25) is 11.7 Å². The Morgan fingerprint density at radius 2 is 1.69 bits per heavy atom. The van der Waals surface area contributed by atoms with Gasteiger partial charge in [-0.1, -0.05) is 49.8 Å². The van der Waals surface area contributed by atoms with Crippen LogP contribution in [0, 0.1) is 28.6 Å². The maximum absolute atomic E-state index is 13.6. The lowest BCUT2D eigenvalue weighted by atomic mass is 9.46. The van der Waals surface area contributed by atoms with E-state index in [0.717, 1.165) is 57.8 Å². The van der Waals surface area contributed by atoms with Crippen LogP contribution in [-0.2, 0) is 34.1 Å². The molecule has 1 aromatic carbocycles. The van der Waals surface area contributed by atoms with Crippen LogP contribution in [0.5, 0.6) is 0 Å². The Bertz CT molecular complexity index is 1450. The maximum atomic E-state index is 13.6. The van der Waals surface area contributed by atoms with Crippen molar-refractivity contribution < 1.29 is 33.8 Å². The lowest BCUT2D eigenvalue weighted by Gasteiger charge is -2.58. The highest BCUT2D eigenvalue weighted by Gasteiger charge is 2.66. The normalized spacial score (nSPS) is 37.0. The van der Waals surface area contributed by atoms with Crippen molar-refractivity contribution in [2.24, 2.45) is 28.6 Å². The Morgan fingerprint density at radius 1 is 0.938 bits per heavy atom. The third-order valence-electron chi connectivity index (χ3n) is 13.6. The summed E-state index contributed by atoms with van der Waals surface area (Å²) in [4.78, 5) is 51.1. The van der Waals surface area contributed by atoms with E-state index >= 15 is 0 Å². The Morgan fingerprint density at radius 3 is 2.44 bits per heavy atom. The van der Waals surface area contributed by atoms with Crippen LogP contribution >= 0.6 is 0 Å². The molecule has 1 heterocycles. The van der Waals surface area contributed by atoms with E-state index < -0.39 is 29.4 Å². The van der Waals surface area contributed by atoms with Crippen molar-refractivity contribution in [3.05, 3.63) is 47.5 Å². The van der Waals surface area contributed by atoms with Gasteiger partial charge in [0.05, 0.1) is 12.0 Å². The van der Waals surface area contributed by atoms with Crippen molar-refractivity contribution >= 4 is 23.4 Å². The fourth-order valence-electron chi connectivity index (χ4n) is 11.0. The smallest absolute Gasteiger partial charge is 0.306 e. The number of carbonyl (C=O) groups excluding carboxylic acids is 4. The number of benzene rings is 1. The van der Waals surface area contributed by atoms with Crippen molar-refractivity contribution in [3.8, 4) is 0 Å². The highest BCUT2D eigenvalue weighted by molar-refractivity contribution is 5.92. The van der Waals surface area contributed by atoms with Crippen LogP contribution in [0.4, 0.5) is 0 Å². The van der Waals surface area contributed by atoms with Crippen molar-refractivity contribution in [2.45, 2.75) is 128 Å². The van der Waals surface area contributed by atoms with Gasteiger partial charge in [0.1, 0.15) is 5.60 Å². The summed E-state index contributed by atoms with van der Waals surface area (Å²) >= 11 is 0. The second-order valence-corrected chi connectivity index (χ2v) is 16.7. The third kappa shape index (κ3) is 6.32. The molecule has 3 saturated carbocycles. The Hall–Kier alpha value is -2.84. The first kappa shape index (κ1) is 35.0. The number of ether oxygens (including phenoxy) is 2. The van der Waals surface area contributed by atoms with Gasteiger partial charge in [0.15, 0.2) is 12.4 Å². The quantitative estimate of drug-likeness (QED) is 0.288. The molecular weight excluding hydrogens is 606 g/mol. The summed E-state index contributed by atoms with van der Waals surface area (Å²) in [5.74, 6) is 0.0535. The number of hydrogen-bond acceptors (Lipinski definition) is 7. The van der Waals surface area contributed by atoms with E-state index in [1.807, 2.05) is 24.3 Å². The van der Waals surface area contributed by atoms with E-state index in [9.17, 15) is 24.3 Å². The number of esters is 1. The second-order valence-electron chi connectivity index (χ2n) is 16.7. The predicted octanol–water partition coefficient (Wildman–Crippen LogP) is 6.18. The molecule has 6 rings (SSSR count). The molecule has 1 aliphatic heterocycles. The van der Waals surface area contributed by atoms with Gasteiger partial charge in [0, 0.05) is 36.8 Å². The largest absolute Gasteiger partial charge is 0.458 e. The van der Waals surface area contributed by atoms with Gasteiger partial charge in [-0.2, -0.15) is 0 Å². The molecule has 7 atom stereocenters. The minimum atomic E-state index is -1.53. The summed E-state index contributed by atoms with van der Waals surface area (Å²) in [7, 11) is 0. The second kappa shape index (κ2) is 13.1. The summed E-state index contributed by atoms with van der Waals surface area (Å²) in [5, 5.41) is 14.9. The van der Waals surface area contributed by atoms with Gasteiger partial charge in [-0.25, -0.2) is 0 Å². The molecule has 0 unspecified atom stereocenters. The topological polar surface area (TPSA) is 119 Å². The molecule has 2 N–H and O–H groups in total. The molecule has 0 radical (unpaired) electrons. The zero-order chi connectivity index (χ0) is 34.4. The first-order valence-electron chi connectivity index (χ1n) is 18.3.